The van der Waals surface area contributed by atoms with E-state index >= 15 is 0 Å². The van der Waals surface area contributed by atoms with Gasteiger partial charge in [-0.25, -0.2) is 9.97 Å². The first-order valence-electron chi connectivity index (χ1n) is 8.21. The molecule has 0 aliphatic carbocycles. The Bertz CT molecular complexity index is 1020. The molecule has 0 atom stereocenters. The fourth-order valence-electron chi connectivity index (χ4n) is 2.94. The molecule has 0 aliphatic rings. The Morgan fingerprint density at radius 1 is 1.19 bits per heavy atom. The smallest absolute Gasteiger partial charge is 0.237 e. The van der Waals surface area contributed by atoms with Crippen molar-refractivity contribution < 1.29 is 13.7 Å². The van der Waals surface area contributed by atoms with Gasteiger partial charge in [-0.3, -0.25) is 0 Å². The van der Waals surface area contributed by atoms with Gasteiger partial charge in [-0.1, -0.05) is 17.3 Å². The molecule has 4 aromatic rings. The van der Waals surface area contributed by atoms with Gasteiger partial charge in [-0.15, -0.1) is 0 Å². The van der Waals surface area contributed by atoms with Gasteiger partial charge in [-0.05, 0) is 32.0 Å². The summed E-state index contributed by atoms with van der Waals surface area (Å²) in [6.07, 6.45) is 1.75. The molecular weight excluding hydrogens is 332 g/mol. The average Bonchev–Trinajstić information content (AvgIpc) is 3.22. The van der Waals surface area contributed by atoms with E-state index in [1.165, 1.54) is 0 Å². The van der Waals surface area contributed by atoms with Crippen LogP contribution in [0.2, 0.25) is 0 Å². The number of pyridine rings is 1. The highest BCUT2D eigenvalue weighted by molar-refractivity contribution is 5.73. The zero-order valence-electron chi connectivity index (χ0n) is 14.7. The molecule has 7 nitrogen and oxygen atoms in total. The second-order valence-corrected chi connectivity index (χ2v) is 5.91. The lowest BCUT2D eigenvalue weighted by Gasteiger charge is -2.11. The normalized spacial score (nSPS) is 11.0. The Morgan fingerprint density at radius 2 is 2.04 bits per heavy atom. The summed E-state index contributed by atoms with van der Waals surface area (Å²) in [5.74, 6) is 1.84. The van der Waals surface area contributed by atoms with E-state index in [1.54, 1.807) is 13.3 Å². The van der Waals surface area contributed by atoms with E-state index in [9.17, 15) is 0 Å². The highest BCUT2D eigenvalue weighted by Gasteiger charge is 2.15. The maximum atomic E-state index is 5.74. The minimum absolute atomic E-state index is 0.414. The molecule has 0 saturated carbocycles. The van der Waals surface area contributed by atoms with Crippen LogP contribution in [0.4, 0.5) is 5.69 Å². The Kier molecular flexibility index (Phi) is 4.04. The van der Waals surface area contributed by atoms with E-state index in [4.69, 9.17) is 13.7 Å². The number of ether oxygens (including phenoxy) is 1. The molecule has 3 aromatic heterocycles. The van der Waals surface area contributed by atoms with Crippen LogP contribution in [0.5, 0.6) is 5.88 Å². The number of fused-ring (bicyclic) bond motifs is 1. The van der Waals surface area contributed by atoms with Crippen LogP contribution in [0.1, 0.15) is 17.3 Å². The minimum atomic E-state index is 0.414. The molecule has 0 aliphatic heterocycles. The number of oxazole rings is 1. The Morgan fingerprint density at radius 3 is 2.77 bits per heavy atom. The lowest BCUT2D eigenvalue weighted by atomic mass is 10.1. The lowest BCUT2D eigenvalue weighted by molar-refractivity contribution is 0.393. The number of para-hydroxylation sites is 2. The van der Waals surface area contributed by atoms with Crippen molar-refractivity contribution in [2.24, 2.45) is 0 Å². The summed E-state index contributed by atoms with van der Waals surface area (Å²) >= 11 is 0. The summed E-state index contributed by atoms with van der Waals surface area (Å²) in [6, 6.07) is 9.63. The van der Waals surface area contributed by atoms with Crippen LogP contribution in [0.3, 0.4) is 0 Å². The molecule has 0 fully saturated rings. The third kappa shape index (κ3) is 2.88. The number of anilines is 1. The fourth-order valence-corrected chi connectivity index (χ4v) is 2.94. The van der Waals surface area contributed by atoms with E-state index in [0.29, 0.717) is 18.3 Å². The van der Waals surface area contributed by atoms with Crippen molar-refractivity contribution in [3.05, 3.63) is 53.9 Å². The largest absolute Gasteiger partial charge is 0.480 e. The zero-order chi connectivity index (χ0) is 18.1. The molecule has 1 aromatic carbocycles. The van der Waals surface area contributed by atoms with Crippen LogP contribution in [0.15, 0.2) is 45.5 Å². The number of rotatable bonds is 5. The quantitative estimate of drug-likeness (QED) is 0.579. The SMILES string of the molecule is COc1ncc(-c2c(C)noc2C)cc1NCc1nc2ccccc2o1. The van der Waals surface area contributed by atoms with Gasteiger partial charge in [0.2, 0.25) is 11.8 Å². The third-order valence-corrected chi connectivity index (χ3v) is 4.13. The van der Waals surface area contributed by atoms with Crippen LogP contribution in [0, 0.1) is 13.8 Å². The second-order valence-electron chi connectivity index (χ2n) is 5.91. The highest BCUT2D eigenvalue weighted by Crippen LogP contribution is 2.32. The van der Waals surface area contributed by atoms with Crippen LogP contribution >= 0.6 is 0 Å². The van der Waals surface area contributed by atoms with Gasteiger partial charge < -0.3 is 19.0 Å². The molecule has 7 heteroatoms. The summed E-state index contributed by atoms with van der Waals surface area (Å²) in [5, 5.41) is 7.29. The van der Waals surface area contributed by atoms with E-state index < -0.39 is 0 Å². The van der Waals surface area contributed by atoms with Gasteiger partial charge in [0.05, 0.1) is 25.0 Å². The lowest BCUT2D eigenvalue weighted by Crippen LogP contribution is -2.03. The van der Waals surface area contributed by atoms with Crippen LogP contribution in [-0.4, -0.2) is 22.2 Å². The molecule has 3 heterocycles. The van der Waals surface area contributed by atoms with E-state index in [2.05, 4.69) is 20.4 Å². The van der Waals surface area contributed by atoms with Gasteiger partial charge in [0.1, 0.15) is 11.3 Å². The van der Waals surface area contributed by atoms with Crippen molar-refractivity contribution in [2.75, 3.05) is 12.4 Å². The number of nitrogens with zero attached hydrogens (tertiary/aromatic N) is 3. The Hall–Kier alpha value is -3.35. The van der Waals surface area contributed by atoms with E-state index in [-0.39, 0.29) is 0 Å². The maximum absolute atomic E-state index is 5.74. The minimum Gasteiger partial charge on any atom is -0.480 e. The average molecular weight is 350 g/mol. The second kappa shape index (κ2) is 6.51. The summed E-state index contributed by atoms with van der Waals surface area (Å²) in [6.45, 7) is 4.20. The van der Waals surface area contributed by atoms with Crippen LogP contribution in [-0.2, 0) is 6.54 Å². The van der Waals surface area contributed by atoms with Crippen LogP contribution in [0.25, 0.3) is 22.2 Å². The molecule has 0 saturated heterocycles. The number of methoxy groups -OCH3 is 1. The molecule has 4 rings (SSSR count). The van der Waals surface area contributed by atoms with Crippen LogP contribution < -0.4 is 10.1 Å². The van der Waals surface area contributed by atoms with Crippen molar-refractivity contribution >= 4 is 16.8 Å². The maximum Gasteiger partial charge on any atom is 0.237 e. The highest BCUT2D eigenvalue weighted by atomic mass is 16.5. The predicted octanol–water partition coefficient (Wildman–Crippen LogP) is 4.12. The molecule has 26 heavy (non-hydrogen) atoms. The molecule has 0 bridgehead atoms. The zero-order valence-corrected chi connectivity index (χ0v) is 14.7. The first kappa shape index (κ1) is 16.1. The predicted molar refractivity (Wildman–Crippen MR) is 97.1 cm³/mol. The fraction of sp³-hybridized carbons (Fsp3) is 0.211. The summed E-state index contributed by atoms with van der Waals surface area (Å²) in [7, 11) is 1.59. The van der Waals surface area contributed by atoms with Gasteiger partial charge in [0, 0.05) is 17.3 Å². The number of hydrogen-bond donors (Lipinski definition) is 1. The molecule has 1 N–H and O–H groups in total. The molecule has 0 spiro atoms. The number of aryl methyl sites for hydroxylation is 2. The van der Waals surface area contributed by atoms with Crippen molar-refractivity contribution in [2.45, 2.75) is 20.4 Å². The van der Waals surface area contributed by atoms with Crippen molar-refractivity contribution in [3.8, 4) is 17.0 Å². The molecular formula is C19H18N4O3. The number of benzene rings is 1. The van der Waals surface area contributed by atoms with E-state index in [0.717, 1.165) is 39.4 Å². The number of nitrogens with one attached hydrogen (secondary N) is 1. The first-order chi connectivity index (χ1) is 12.7. The summed E-state index contributed by atoms with van der Waals surface area (Å²) in [4.78, 5) is 8.85. The summed E-state index contributed by atoms with van der Waals surface area (Å²) in [5.41, 5.74) is 5.00. The van der Waals surface area contributed by atoms with Gasteiger partial charge in [0.25, 0.3) is 0 Å². The number of aromatic nitrogens is 3. The summed E-state index contributed by atoms with van der Waals surface area (Å²) < 4.78 is 16.4. The first-order valence-corrected chi connectivity index (χ1v) is 8.21. The molecule has 0 radical (unpaired) electrons. The topological polar surface area (TPSA) is 86.2 Å². The van der Waals surface area contributed by atoms with Gasteiger partial charge >= 0.3 is 0 Å². The monoisotopic (exact) mass is 350 g/mol. The Balaban J connectivity index is 1.63. The number of hydrogen-bond acceptors (Lipinski definition) is 7. The molecule has 0 unspecified atom stereocenters. The molecule has 132 valence electrons. The Labute approximate surface area is 150 Å². The van der Waals surface area contributed by atoms with Crippen molar-refractivity contribution in [1.82, 2.24) is 15.1 Å². The van der Waals surface area contributed by atoms with Gasteiger partial charge in [0.15, 0.2) is 5.58 Å². The van der Waals surface area contributed by atoms with Crippen molar-refractivity contribution in [1.29, 1.82) is 0 Å². The standard InChI is InChI=1S/C19H18N4O3/c1-11-18(12(2)26-23-11)13-8-15(19(24-3)21-9-13)20-10-17-22-14-6-4-5-7-16(14)25-17/h4-9,20H,10H2,1-3H3. The van der Waals surface area contributed by atoms with E-state index in [1.807, 2.05) is 44.2 Å². The van der Waals surface area contributed by atoms with Gasteiger partial charge in [-0.2, -0.15) is 0 Å². The molecule has 0 amide bonds. The van der Waals surface area contributed by atoms with Crippen molar-refractivity contribution in [3.63, 3.8) is 0 Å². The third-order valence-electron chi connectivity index (χ3n) is 4.13.